The molecule has 1 fully saturated rings. The molecule has 0 aliphatic heterocycles. The van der Waals surface area contributed by atoms with Gasteiger partial charge in [-0.1, -0.05) is 18.2 Å². The summed E-state index contributed by atoms with van der Waals surface area (Å²) in [7, 11) is 0. The van der Waals surface area contributed by atoms with E-state index in [0.717, 1.165) is 17.2 Å². The zero-order valence-electron chi connectivity index (χ0n) is 13.9. The van der Waals surface area contributed by atoms with Crippen molar-refractivity contribution in [2.45, 2.75) is 45.6 Å². The predicted octanol–water partition coefficient (Wildman–Crippen LogP) is 3.51. The lowest BCUT2D eigenvalue weighted by Crippen LogP contribution is -2.21. The third-order valence-electron chi connectivity index (χ3n) is 4.13. The van der Waals surface area contributed by atoms with E-state index in [9.17, 15) is 5.11 Å². The molecule has 1 aromatic carbocycles. The van der Waals surface area contributed by atoms with Crippen LogP contribution in [-0.4, -0.2) is 27.7 Å². The summed E-state index contributed by atoms with van der Waals surface area (Å²) in [5, 5.41) is 15.8. The minimum atomic E-state index is -0.0718. The molecule has 0 saturated heterocycles. The van der Waals surface area contributed by atoms with E-state index in [0.29, 0.717) is 11.9 Å². The first kappa shape index (κ1) is 15.7. The molecule has 5 heteroatoms. The van der Waals surface area contributed by atoms with E-state index in [1.807, 2.05) is 13.0 Å². The molecule has 1 aliphatic carbocycles. The van der Waals surface area contributed by atoms with E-state index in [1.54, 1.807) is 0 Å². The van der Waals surface area contributed by atoms with Crippen molar-refractivity contribution in [2.24, 2.45) is 0 Å². The number of nitrogens with zero attached hydrogens (tertiary/aromatic N) is 2. The maximum Gasteiger partial charge on any atom is 0.225 e. The molecule has 0 radical (unpaired) electrons. The van der Waals surface area contributed by atoms with Crippen molar-refractivity contribution < 1.29 is 5.11 Å². The van der Waals surface area contributed by atoms with E-state index in [1.165, 1.54) is 24.0 Å². The van der Waals surface area contributed by atoms with Gasteiger partial charge in [-0.25, -0.2) is 4.98 Å². The van der Waals surface area contributed by atoms with Crippen molar-refractivity contribution in [3.05, 3.63) is 41.1 Å². The summed E-state index contributed by atoms with van der Waals surface area (Å²) in [4.78, 5) is 9.16. The van der Waals surface area contributed by atoms with Gasteiger partial charge in [-0.15, -0.1) is 0 Å². The largest absolute Gasteiger partial charge is 0.394 e. The van der Waals surface area contributed by atoms with Crippen LogP contribution in [0.15, 0.2) is 24.3 Å². The van der Waals surface area contributed by atoms with Gasteiger partial charge in [-0.2, -0.15) is 4.98 Å². The average molecular weight is 312 g/mol. The minimum Gasteiger partial charge on any atom is -0.394 e. The second kappa shape index (κ2) is 6.54. The van der Waals surface area contributed by atoms with Crippen LogP contribution in [0.4, 0.5) is 17.5 Å². The monoisotopic (exact) mass is 312 g/mol. The molecule has 0 unspecified atom stereocenters. The molecule has 1 aromatic heterocycles. The number of aryl methyl sites for hydroxylation is 2. The number of para-hydroxylation sites is 1. The Hall–Kier alpha value is -2.14. The third-order valence-corrected chi connectivity index (χ3v) is 4.13. The highest BCUT2D eigenvalue weighted by atomic mass is 16.3. The van der Waals surface area contributed by atoms with Crippen LogP contribution in [-0.2, 0) is 0 Å². The fraction of sp³-hybridized carbons (Fsp3) is 0.444. The van der Waals surface area contributed by atoms with Gasteiger partial charge in [0, 0.05) is 23.7 Å². The first-order chi connectivity index (χ1) is 11.1. The predicted molar refractivity (Wildman–Crippen MR) is 93.4 cm³/mol. The summed E-state index contributed by atoms with van der Waals surface area (Å²) < 4.78 is 0. The maximum absolute atomic E-state index is 9.23. The summed E-state index contributed by atoms with van der Waals surface area (Å²) in [6.45, 7) is 6.14. The van der Waals surface area contributed by atoms with Gasteiger partial charge in [0.1, 0.15) is 5.82 Å². The second-order valence-electron chi connectivity index (χ2n) is 6.40. The van der Waals surface area contributed by atoms with Gasteiger partial charge in [-0.3, -0.25) is 0 Å². The van der Waals surface area contributed by atoms with E-state index in [-0.39, 0.29) is 12.6 Å². The van der Waals surface area contributed by atoms with Gasteiger partial charge in [-0.05, 0) is 44.7 Å². The Morgan fingerprint density at radius 1 is 1.22 bits per heavy atom. The molecule has 1 aliphatic rings. The zero-order valence-corrected chi connectivity index (χ0v) is 13.9. The zero-order chi connectivity index (χ0) is 16.4. The van der Waals surface area contributed by atoms with E-state index < -0.39 is 0 Å². The van der Waals surface area contributed by atoms with Crippen molar-refractivity contribution in [3.8, 4) is 0 Å². The number of anilines is 3. The fourth-order valence-electron chi connectivity index (χ4n) is 2.59. The van der Waals surface area contributed by atoms with E-state index in [4.69, 9.17) is 0 Å². The average Bonchev–Trinajstić information content (AvgIpc) is 3.35. The topological polar surface area (TPSA) is 70.1 Å². The molecule has 5 nitrogen and oxygen atoms in total. The van der Waals surface area contributed by atoms with Crippen LogP contribution in [0.3, 0.4) is 0 Å². The number of aliphatic hydroxyl groups is 1. The van der Waals surface area contributed by atoms with Crippen LogP contribution in [0, 0.1) is 13.8 Å². The Morgan fingerprint density at radius 2 is 1.91 bits per heavy atom. The highest BCUT2D eigenvalue weighted by Gasteiger charge is 2.26. The van der Waals surface area contributed by atoms with E-state index in [2.05, 4.69) is 52.6 Å². The van der Waals surface area contributed by atoms with Crippen LogP contribution in [0.25, 0.3) is 0 Å². The number of hydrogen-bond donors (Lipinski definition) is 3. The van der Waals surface area contributed by atoms with Crippen molar-refractivity contribution in [2.75, 3.05) is 17.2 Å². The van der Waals surface area contributed by atoms with Crippen LogP contribution in [0.5, 0.6) is 0 Å². The quantitative estimate of drug-likeness (QED) is 0.761. The Bertz CT molecular complexity index is 677. The van der Waals surface area contributed by atoms with Gasteiger partial charge in [0.05, 0.1) is 12.3 Å². The van der Waals surface area contributed by atoms with Gasteiger partial charge >= 0.3 is 0 Å². The Kier molecular flexibility index (Phi) is 4.48. The number of aromatic nitrogens is 2. The SMILES string of the molecule is Cc1cccc(C)c1Nc1cc(C2CC2)nc(N[C@@H](C)CO)n1. The Balaban J connectivity index is 1.91. The molecule has 1 saturated carbocycles. The van der Waals surface area contributed by atoms with E-state index >= 15 is 0 Å². The van der Waals surface area contributed by atoms with Crippen molar-refractivity contribution in [3.63, 3.8) is 0 Å². The number of benzene rings is 1. The lowest BCUT2D eigenvalue weighted by molar-refractivity contribution is 0.281. The number of rotatable bonds is 6. The van der Waals surface area contributed by atoms with Crippen LogP contribution < -0.4 is 10.6 Å². The summed E-state index contributed by atoms with van der Waals surface area (Å²) in [6, 6.07) is 8.20. The highest BCUT2D eigenvalue weighted by Crippen LogP contribution is 2.40. The molecule has 122 valence electrons. The number of nitrogens with one attached hydrogen (secondary N) is 2. The summed E-state index contributed by atoms with van der Waals surface area (Å²) in [5.41, 5.74) is 4.54. The molecule has 3 N–H and O–H groups in total. The van der Waals surface area contributed by atoms with Crippen LogP contribution in [0.2, 0.25) is 0 Å². The van der Waals surface area contributed by atoms with Crippen LogP contribution in [0.1, 0.15) is 42.5 Å². The molecule has 2 aromatic rings. The smallest absolute Gasteiger partial charge is 0.225 e. The first-order valence-corrected chi connectivity index (χ1v) is 8.16. The first-order valence-electron chi connectivity index (χ1n) is 8.16. The Labute approximate surface area is 137 Å². The summed E-state index contributed by atoms with van der Waals surface area (Å²) in [5.74, 6) is 1.91. The minimum absolute atomic E-state index is 0.0523. The van der Waals surface area contributed by atoms with Crippen molar-refractivity contribution in [1.82, 2.24) is 9.97 Å². The molecule has 1 heterocycles. The van der Waals surface area contributed by atoms with Gasteiger partial charge in [0.25, 0.3) is 0 Å². The summed E-state index contributed by atoms with van der Waals surface area (Å²) in [6.07, 6.45) is 2.38. The number of aliphatic hydroxyl groups excluding tert-OH is 1. The third kappa shape index (κ3) is 3.79. The van der Waals surface area contributed by atoms with Gasteiger partial charge < -0.3 is 15.7 Å². The van der Waals surface area contributed by atoms with Gasteiger partial charge in [0.15, 0.2) is 0 Å². The van der Waals surface area contributed by atoms with Gasteiger partial charge in [0.2, 0.25) is 5.95 Å². The highest BCUT2D eigenvalue weighted by molar-refractivity contribution is 5.65. The molecule has 1 atom stereocenters. The van der Waals surface area contributed by atoms with Crippen LogP contribution >= 0.6 is 0 Å². The lowest BCUT2D eigenvalue weighted by Gasteiger charge is -2.16. The molecule has 0 spiro atoms. The maximum atomic E-state index is 9.23. The molecule has 0 bridgehead atoms. The lowest BCUT2D eigenvalue weighted by atomic mass is 10.1. The Morgan fingerprint density at radius 3 is 2.52 bits per heavy atom. The fourth-order valence-corrected chi connectivity index (χ4v) is 2.59. The summed E-state index contributed by atoms with van der Waals surface area (Å²) >= 11 is 0. The molecular formula is C18H24N4O. The second-order valence-corrected chi connectivity index (χ2v) is 6.40. The molecular weight excluding hydrogens is 288 g/mol. The molecule has 0 amide bonds. The molecule has 23 heavy (non-hydrogen) atoms. The number of hydrogen-bond acceptors (Lipinski definition) is 5. The van der Waals surface area contributed by atoms with Crippen molar-refractivity contribution >= 4 is 17.5 Å². The normalized spacial score (nSPS) is 15.3. The molecule has 3 rings (SSSR count). The standard InChI is InChI=1S/C18H24N4O/c1-11-5-4-6-12(2)17(11)21-16-9-15(14-7-8-14)20-18(22-16)19-13(3)10-23/h4-6,9,13-14,23H,7-8,10H2,1-3H3,(H2,19,20,21,22)/t13-/m0/s1. The van der Waals surface area contributed by atoms with Crippen molar-refractivity contribution in [1.29, 1.82) is 0 Å².